The van der Waals surface area contributed by atoms with Crippen LogP contribution in [0.25, 0.3) is 0 Å². The van der Waals surface area contributed by atoms with E-state index in [1.54, 1.807) is 0 Å². The van der Waals surface area contributed by atoms with Crippen molar-refractivity contribution < 1.29 is 9.59 Å². The summed E-state index contributed by atoms with van der Waals surface area (Å²) in [4.78, 5) is 25.7. The van der Waals surface area contributed by atoms with Gasteiger partial charge in [0.05, 0.1) is 0 Å². The number of likely N-dealkylation sites (tertiary alicyclic amines) is 1. The highest BCUT2D eigenvalue weighted by molar-refractivity contribution is 5.76. The molecule has 0 spiro atoms. The zero-order valence-corrected chi connectivity index (χ0v) is 16.2. The van der Waals surface area contributed by atoms with Gasteiger partial charge in [-0.25, -0.2) is 4.79 Å². The fourth-order valence-electron chi connectivity index (χ4n) is 4.61. The molecule has 2 aliphatic rings. The quantitative estimate of drug-likeness (QED) is 0.870. The molecule has 26 heavy (non-hydrogen) atoms. The van der Waals surface area contributed by atoms with Crippen LogP contribution in [0.4, 0.5) is 4.79 Å². The number of rotatable bonds is 4. The number of benzene rings is 1. The summed E-state index contributed by atoms with van der Waals surface area (Å²) in [6.45, 7) is 7.80. The topological polar surface area (TPSA) is 61.4 Å². The third-order valence-electron chi connectivity index (χ3n) is 5.86. The maximum Gasteiger partial charge on any atom is 0.317 e. The van der Waals surface area contributed by atoms with Crippen LogP contribution in [0.2, 0.25) is 0 Å². The SMILES string of the molecule is CC(=O)N[C@H]1CCN(C(=O)NCC2(c3cc(C)cc(C)c3)CCCC2)C1. The smallest absolute Gasteiger partial charge is 0.317 e. The van der Waals surface area contributed by atoms with Crippen molar-refractivity contribution in [3.05, 3.63) is 34.9 Å². The Hall–Kier alpha value is -2.04. The summed E-state index contributed by atoms with van der Waals surface area (Å²) in [6, 6.07) is 6.85. The van der Waals surface area contributed by atoms with Gasteiger partial charge in [-0.2, -0.15) is 0 Å². The van der Waals surface area contributed by atoms with Crippen LogP contribution in [0.5, 0.6) is 0 Å². The molecular formula is C21H31N3O2. The molecule has 3 rings (SSSR count). The van der Waals surface area contributed by atoms with Gasteiger partial charge < -0.3 is 15.5 Å². The van der Waals surface area contributed by atoms with Crippen molar-refractivity contribution in [2.24, 2.45) is 0 Å². The first-order valence-corrected chi connectivity index (χ1v) is 9.77. The van der Waals surface area contributed by atoms with Crippen molar-refractivity contribution in [3.63, 3.8) is 0 Å². The normalized spacial score (nSPS) is 21.7. The van der Waals surface area contributed by atoms with E-state index in [9.17, 15) is 9.59 Å². The molecule has 5 heteroatoms. The first-order valence-electron chi connectivity index (χ1n) is 9.77. The molecule has 1 aromatic carbocycles. The van der Waals surface area contributed by atoms with Gasteiger partial charge in [-0.15, -0.1) is 0 Å². The minimum Gasteiger partial charge on any atom is -0.352 e. The molecule has 1 saturated carbocycles. The predicted octanol–water partition coefficient (Wildman–Crippen LogP) is 3.04. The molecule has 1 saturated heterocycles. The summed E-state index contributed by atoms with van der Waals surface area (Å²) in [5, 5.41) is 6.10. The van der Waals surface area contributed by atoms with E-state index >= 15 is 0 Å². The summed E-state index contributed by atoms with van der Waals surface area (Å²) in [5.74, 6) is -0.0306. The molecule has 1 heterocycles. The fourth-order valence-corrected chi connectivity index (χ4v) is 4.61. The number of hydrogen-bond donors (Lipinski definition) is 2. The molecule has 0 radical (unpaired) electrons. The van der Waals surface area contributed by atoms with E-state index < -0.39 is 0 Å². The van der Waals surface area contributed by atoms with E-state index in [1.807, 2.05) is 4.90 Å². The minimum atomic E-state index is -0.0306. The number of carbonyl (C=O) groups is 2. The lowest BCUT2D eigenvalue weighted by Crippen LogP contribution is -2.46. The molecule has 1 atom stereocenters. The number of hydrogen-bond acceptors (Lipinski definition) is 2. The minimum absolute atomic E-state index is 0.00602. The van der Waals surface area contributed by atoms with Crippen molar-refractivity contribution in [1.82, 2.24) is 15.5 Å². The largest absolute Gasteiger partial charge is 0.352 e. The lowest BCUT2D eigenvalue weighted by Gasteiger charge is -2.31. The van der Waals surface area contributed by atoms with Gasteiger partial charge in [0, 0.05) is 38.0 Å². The van der Waals surface area contributed by atoms with Crippen molar-refractivity contribution in [2.45, 2.75) is 64.3 Å². The van der Waals surface area contributed by atoms with Crippen molar-refractivity contribution in [3.8, 4) is 0 Å². The van der Waals surface area contributed by atoms with Gasteiger partial charge in [0.1, 0.15) is 0 Å². The number of aryl methyl sites for hydroxylation is 2. The third kappa shape index (κ3) is 4.19. The van der Waals surface area contributed by atoms with Gasteiger partial charge in [0.2, 0.25) is 5.91 Å². The highest BCUT2D eigenvalue weighted by Gasteiger charge is 2.37. The Labute approximate surface area is 156 Å². The molecule has 2 N–H and O–H groups in total. The van der Waals surface area contributed by atoms with Crippen LogP contribution in [0.3, 0.4) is 0 Å². The fraction of sp³-hybridized carbons (Fsp3) is 0.619. The second kappa shape index (κ2) is 7.68. The second-order valence-electron chi connectivity index (χ2n) is 8.15. The molecular weight excluding hydrogens is 326 g/mol. The Morgan fingerprint density at radius 3 is 2.42 bits per heavy atom. The van der Waals surface area contributed by atoms with Gasteiger partial charge in [0.15, 0.2) is 0 Å². The van der Waals surface area contributed by atoms with Crippen molar-refractivity contribution >= 4 is 11.9 Å². The average Bonchev–Trinajstić information content (AvgIpc) is 3.21. The standard InChI is InChI=1S/C21H31N3O2/c1-15-10-16(2)12-18(11-15)21(7-4-5-8-21)14-22-20(26)24-9-6-19(13-24)23-17(3)25/h10-12,19H,4-9,13-14H2,1-3H3,(H,22,26)(H,23,25)/t19-/m0/s1. The molecule has 1 aromatic rings. The second-order valence-corrected chi connectivity index (χ2v) is 8.15. The van der Waals surface area contributed by atoms with Gasteiger partial charge in [-0.05, 0) is 38.7 Å². The highest BCUT2D eigenvalue weighted by atomic mass is 16.2. The number of urea groups is 1. The monoisotopic (exact) mass is 357 g/mol. The summed E-state index contributed by atoms with van der Waals surface area (Å²) in [6.07, 6.45) is 5.53. The Balaban J connectivity index is 1.64. The van der Waals surface area contributed by atoms with Crippen LogP contribution in [0, 0.1) is 13.8 Å². The summed E-state index contributed by atoms with van der Waals surface area (Å²) in [7, 11) is 0. The number of nitrogens with zero attached hydrogens (tertiary/aromatic N) is 1. The lowest BCUT2D eigenvalue weighted by molar-refractivity contribution is -0.119. The van der Waals surface area contributed by atoms with E-state index in [2.05, 4.69) is 42.7 Å². The van der Waals surface area contributed by atoms with Crippen molar-refractivity contribution in [1.29, 1.82) is 0 Å². The molecule has 1 aliphatic carbocycles. The Kier molecular flexibility index (Phi) is 5.54. The van der Waals surface area contributed by atoms with Gasteiger partial charge in [-0.3, -0.25) is 4.79 Å². The zero-order chi connectivity index (χ0) is 18.7. The van der Waals surface area contributed by atoms with E-state index in [4.69, 9.17) is 0 Å². The number of amides is 3. The van der Waals surface area contributed by atoms with Crippen LogP contribution in [-0.4, -0.2) is 42.5 Å². The molecule has 0 aromatic heterocycles. The molecule has 2 fully saturated rings. The van der Waals surface area contributed by atoms with Gasteiger partial charge in [-0.1, -0.05) is 42.2 Å². The Morgan fingerprint density at radius 2 is 1.81 bits per heavy atom. The van der Waals surface area contributed by atoms with Crippen LogP contribution < -0.4 is 10.6 Å². The van der Waals surface area contributed by atoms with Crippen LogP contribution in [-0.2, 0) is 10.2 Å². The summed E-state index contributed by atoms with van der Waals surface area (Å²) < 4.78 is 0. The molecule has 0 bridgehead atoms. The van der Waals surface area contributed by atoms with Gasteiger partial charge in [0.25, 0.3) is 0 Å². The lowest BCUT2D eigenvalue weighted by atomic mass is 9.77. The van der Waals surface area contributed by atoms with E-state index in [0.717, 1.165) is 19.3 Å². The van der Waals surface area contributed by atoms with Crippen molar-refractivity contribution in [2.75, 3.05) is 19.6 Å². The van der Waals surface area contributed by atoms with Crippen LogP contribution in [0.15, 0.2) is 18.2 Å². The van der Waals surface area contributed by atoms with Crippen LogP contribution in [0.1, 0.15) is 55.7 Å². The molecule has 5 nitrogen and oxygen atoms in total. The maximum atomic E-state index is 12.6. The predicted molar refractivity (Wildman–Crippen MR) is 103 cm³/mol. The average molecular weight is 357 g/mol. The molecule has 0 unspecified atom stereocenters. The third-order valence-corrected chi connectivity index (χ3v) is 5.86. The molecule has 1 aliphatic heterocycles. The molecule has 3 amide bonds. The highest BCUT2D eigenvalue weighted by Crippen LogP contribution is 2.41. The maximum absolute atomic E-state index is 12.6. The Morgan fingerprint density at radius 1 is 1.15 bits per heavy atom. The first kappa shape index (κ1) is 18.7. The number of nitrogens with one attached hydrogen (secondary N) is 2. The number of carbonyl (C=O) groups excluding carboxylic acids is 2. The zero-order valence-electron chi connectivity index (χ0n) is 16.2. The first-order chi connectivity index (χ1) is 12.4. The van der Waals surface area contributed by atoms with Crippen LogP contribution >= 0.6 is 0 Å². The summed E-state index contributed by atoms with van der Waals surface area (Å²) in [5.41, 5.74) is 4.00. The van der Waals surface area contributed by atoms with E-state index in [0.29, 0.717) is 19.6 Å². The Bertz CT molecular complexity index is 660. The summed E-state index contributed by atoms with van der Waals surface area (Å²) >= 11 is 0. The molecule has 142 valence electrons. The van der Waals surface area contributed by atoms with E-state index in [-0.39, 0.29) is 23.4 Å². The van der Waals surface area contributed by atoms with Gasteiger partial charge >= 0.3 is 6.03 Å². The van der Waals surface area contributed by atoms with E-state index in [1.165, 1.54) is 36.5 Å².